The van der Waals surface area contributed by atoms with Crippen LogP contribution in [0.15, 0.2) is 4.99 Å². The molecule has 3 nitrogen and oxygen atoms in total. The van der Waals surface area contributed by atoms with Gasteiger partial charge in [-0.3, -0.25) is 4.99 Å². The Kier molecular flexibility index (Phi) is 11.4. The Morgan fingerprint density at radius 1 is 0.957 bits per heavy atom. The van der Waals surface area contributed by atoms with Gasteiger partial charge in [0, 0.05) is 20.0 Å². The Morgan fingerprint density at radius 2 is 1.43 bits per heavy atom. The van der Waals surface area contributed by atoms with Crippen LogP contribution in [0.5, 0.6) is 0 Å². The Balaban J connectivity index is 1.89. The molecule has 0 aromatic rings. The first-order chi connectivity index (χ1) is 11.1. The molecule has 1 aliphatic heterocycles. The van der Waals surface area contributed by atoms with E-state index in [0.717, 1.165) is 13.0 Å². The van der Waals surface area contributed by atoms with Gasteiger partial charge in [-0.25, -0.2) is 0 Å². The fourth-order valence-electron chi connectivity index (χ4n) is 3.36. The lowest BCUT2D eigenvalue weighted by Gasteiger charge is -2.15. The predicted octanol–water partition coefficient (Wildman–Crippen LogP) is 5.17. The molecule has 0 spiro atoms. The number of likely N-dealkylation sites (N-methyl/N-ethyl adjacent to an activating group) is 1. The molecule has 0 radical (unpaired) electrons. The van der Waals surface area contributed by atoms with E-state index in [2.05, 4.69) is 23.9 Å². The van der Waals surface area contributed by atoms with E-state index >= 15 is 0 Å². The van der Waals surface area contributed by atoms with E-state index < -0.39 is 0 Å². The van der Waals surface area contributed by atoms with Crippen molar-refractivity contribution >= 4 is 5.84 Å². The zero-order valence-corrected chi connectivity index (χ0v) is 15.9. The summed E-state index contributed by atoms with van der Waals surface area (Å²) < 4.78 is 0. The van der Waals surface area contributed by atoms with Gasteiger partial charge >= 0.3 is 0 Å². The Morgan fingerprint density at radius 3 is 1.87 bits per heavy atom. The third kappa shape index (κ3) is 9.34. The minimum atomic E-state index is -0.322. The van der Waals surface area contributed by atoms with E-state index in [0.29, 0.717) is 0 Å². The minimum absolute atomic E-state index is 0.0901. The molecule has 3 heteroatoms. The third-order valence-electron chi connectivity index (χ3n) is 5.03. The van der Waals surface area contributed by atoms with Crippen LogP contribution in [0.2, 0.25) is 0 Å². The summed E-state index contributed by atoms with van der Waals surface area (Å²) in [4.78, 5) is 6.87. The molecule has 2 unspecified atom stereocenters. The number of aliphatic hydroxyl groups excluding tert-OH is 1. The van der Waals surface area contributed by atoms with Gasteiger partial charge in [0.2, 0.25) is 0 Å². The zero-order chi connectivity index (χ0) is 16.9. The van der Waals surface area contributed by atoms with E-state index in [1.54, 1.807) is 0 Å². The van der Waals surface area contributed by atoms with Gasteiger partial charge in [-0.05, 0) is 13.3 Å². The van der Waals surface area contributed by atoms with Crippen LogP contribution in [0.25, 0.3) is 0 Å². The van der Waals surface area contributed by atoms with E-state index in [1.807, 2.05) is 6.92 Å². The molecule has 1 aliphatic rings. The maximum Gasteiger partial charge on any atom is 0.0992 e. The molecular formula is C20H40N2O. The SMILES string of the molecule is CCCCCCCCCCCCCCC1=NC(C(C)O)CN1C. The van der Waals surface area contributed by atoms with Crippen LogP contribution >= 0.6 is 0 Å². The monoisotopic (exact) mass is 324 g/mol. The van der Waals surface area contributed by atoms with E-state index in [-0.39, 0.29) is 12.1 Å². The van der Waals surface area contributed by atoms with Crippen LogP contribution in [0.1, 0.15) is 97.3 Å². The van der Waals surface area contributed by atoms with E-state index in [1.165, 1.54) is 82.9 Å². The molecule has 0 aromatic heterocycles. The van der Waals surface area contributed by atoms with Gasteiger partial charge < -0.3 is 10.0 Å². The van der Waals surface area contributed by atoms with Gasteiger partial charge in [0.1, 0.15) is 0 Å². The van der Waals surface area contributed by atoms with Crippen molar-refractivity contribution in [1.29, 1.82) is 0 Å². The first kappa shape index (κ1) is 20.5. The van der Waals surface area contributed by atoms with Gasteiger partial charge in [0.05, 0.1) is 18.0 Å². The minimum Gasteiger partial charge on any atom is -0.391 e. The highest BCUT2D eigenvalue weighted by Crippen LogP contribution is 2.16. The molecular weight excluding hydrogens is 284 g/mol. The highest BCUT2D eigenvalue weighted by molar-refractivity contribution is 5.83. The number of hydrogen-bond donors (Lipinski definition) is 1. The Bertz CT molecular complexity index is 315. The van der Waals surface area contributed by atoms with Crippen molar-refractivity contribution < 1.29 is 5.11 Å². The zero-order valence-electron chi connectivity index (χ0n) is 15.9. The summed E-state index contributed by atoms with van der Waals surface area (Å²) in [6, 6.07) is 0.0901. The average Bonchev–Trinajstić information content (AvgIpc) is 2.90. The molecule has 0 saturated carbocycles. The molecule has 0 bridgehead atoms. The van der Waals surface area contributed by atoms with Crippen LogP contribution in [-0.2, 0) is 0 Å². The normalized spacial score (nSPS) is 19.2. The third-order valence-corrected chi connectivity index (χ3v) is 5.03. The summed E-state index contributed by atoms with van der Waals surface area (Å²) in [5, 5.41) is 9.63. The standard InChI is InChI=1S/C20H40N2O/c1-4-5-6-7-8-9-10-11-12-13-14-15-16-20-21-19(18(2)23)17-22(20)3/h18-19,23H,4-17H2,1-3H3. The molecule has 0 amide bonds. The van der Waals surface area contributed by atoms with Crippen molar-refractivity contribution in [3.63, 3.8) is 0 Å². The van der Waals surface area contributed by atoms with Gasteiger partial charge in [0.25, 0.3) is 0 Å². The summed E-state index contributed by atoms with van der Waals surface area (Å²) in [5.41, 5.74) is 0. The van der Waals surface area contributed by atoms with E-state index in [4.69, 9.17) is 0 Å². The summed E-state index contributed by atoms with van der Waals surface area (Å²) >= 11 is 0. The molecule has 0 aromatic carbocycles. The fourth-order valence-corrected chi connectivity index (χ4v) is 3.36. The lowest BCUT2D eigenvalue weighted by Crippen LogP contribution is -2.29. The molecule has 0 fully saturated rings. The van der Waals surface area contributed by atoms with Crippen molar-refractivity contribution in [2.45, 2.75) is 109 Å². The number of amidine groups is 1. The van der Waals surface area contributed by atoms with Crippen LogP contribution in [-0.4, -0.2) is 41.6 Å². The molecule has 0 aliphatic carbocycles. The second-order valence-electron chi connectivity index (χ2n) is 7.37. The van der Waals surface area contributed by atoms with Crippen LogP contribution in [0.3, 0.4) is 0 Å². The molecule has 1 heterocycles. The highest BCUT2D eigenvalue weighted by Gasteiger charge is 2.24. The summed E-state index contributed by atoms with van der Waals surface area (Å²) in [6.07, 6.45) is 17.4. The van der Waals surface area contributed by atoms with Crippen molar-refractivity contribution in [2.75, 3.05) is 13.6 Å². The number of aliphatic imine (C=N–C) groups is 1. The second-order valence-corrected chi connectivity index (χ2v) is 7.37. The number of hydrogen-bond acceptors (Lipinski definition) is 3. The Labute approximate surface area is 144 Å². The van der Waals surface area contributed by atoms with Crippen molar-refractivity contribution in [2.24, 2.45) is 4.99 Å². The van der Waals surface area contributed by atoms with Crippen LogP contribution in [0.4, 0.5) is 0 Å². The quantitative estimate of drug-likeness (QED) is 0.447. The molecule has 1 N–H and O–H groups in total. The van der Waals surface area contributed by atoms with Crippen molar-refractivity contribution in [3.8, 4) is 0 Å². The van der Waals surface area contributed by atoms with Gasteiger partial charge in [-0.2, -0.15) is 0 Å². The number of nitrogens with zero attached hydrogens (tertiary/aromatic N) is 2. The lowest BCUT2D eigenvalue weighted by molar-refractivity contribution is 0.162. The second kappa shape index (κ2) is 12.8. The van der Waals surface area contributed by atoms with Gasteiger partial charge in [-0.1, -0.05) is 77.6 Å². The summed E-state index contributed by atoms with van der Waals surface area (Å²) in [7, 11) is 2.10. The van der Waals surface area contributed by atoms with Crippen LogP contribution in [0, 0.1) is 0 Å². The van der Waals surface area contributed by atoms with Gasteiger partial charge in [-0.15, -0.1) is 0 Å². The first-order valence-corrected chi connectivity index (χ1v) is 10.1. The summed E-state index contributed by atoms with van der Waals surface area (Å²) in [5.74, 6) is 1.20. The maximum atomic E-state index is 9.63. The molecule has 23 heavy (non-hydrogen) atoms. The highest BCUT2D eigenvalue weighted by atomic mass is 16.3. The number of rotatable bonds is 14. The molecule has 136 valence electrons. The molecule has 0 saturated heterocycles. The van der Waals surface area contributed by atoms with Crippen molar-refractivity contribution in [3.05, 3.63) is 0 Å². The summed E-state index contributed by atoms with van der Waals surface area (Å²) in [6.45, 7) is 5.00. The number of unbranched alkanes of at least 4 members (excludes halogenated alkanes) is 11. The van der Waals surface area contributed by atoms with Crippen molar-refractivity contribution in [1.82, 2.24) is 4.90 Å². The fraction of sp³-hybridized carbons (Fsp3) is 0.950. The smallest absolute Gasteiger partial charge is 0.0992 e. The molecule has 1 rings (SSSR count). The number of aliphatic hydroxyl groups is 1. The first-order valence-electron chi connectivity index (χ1n) is 10.1. The molecule has 2 atom stereocenters. The Hall–Kier alpha value is -0.570. The maximum absolute atomic E-state index is 9.63. The topological polar surface area (TPSA) is 35.8 Å². The average molecular weight is 325 g/mol. The lowest BCUT2D eigenvalue weighted by atomic mass is 10.0. The van der Waals surface area contributed by atoms with E-state index in [9.17, 15) is 5.11 Å². The predicted molar refractivity (Wildman–Crippen MR) is 101 cm³/mol. The van der Waals surface area contributed by atoms with Gasteiger partial charge in [0.15, 0.2) is 0 Å². The largest absolute Gasteiger partial charge is 0.391 e. The van der Waals surface area contributed by atoms with Crippen LogP contribution < -0.4 is 0 Å².